The van der Waals surface area contributed by atoms with Crippen molar-refractivity contribution in [2.45, 2.75) is 18.9 Å². The van der Waals surface area contributed by atoms with Crippen LogP contribution in [0.4, 0.5) is 0 Å². The van der Waals surface area contributed by atoms with Crippen molar-refractivity contribution in [3.8, 4) is 0 Å². The molecule has 0 spiro atoms. The molecule has 2 rings (SSSR count). The molecule has 0 aromatic carbocycles. The van der Waals surface area contributed by atoms with Gasteiger partial charge in [-0.25, -0.2) is 0 Å². The van der Waals surface area contributed by atoms with Crippen molar-refractivity contribution < 1.29 is 4.79 Å². The maximum absolute atomic E-state index is 11.0. The van der Waals surface area contributed by atoms with E-state index >= 15 is 0 Å². The topological polar surface area (TPSA) is 46.3 Å². The smallest absolute Gasteiger partial charge is 0.240 e. The number of primary amides is 1. The van der Waals surface area contributed by atoms with Gasteiger partial charge in [0.15, 0.2) is 0 Å². The second-order valence-electron chi connectivity index (χ2n) is 3.20. The van der Waals surface area contributed by atoms with Crippen molar-refractivity contribution in [2.24, 2.45) is 5.73 Å². The molecular weight excluding hydrogens is 152 g/mol. The van der Waals surface area contributed by atoms with E-state index in [0.717, 1.165) is 19.4 Å². The van der Waals surface area contributed by atoms with Crippen molar-refractivity contribution in [3.63, 3.8) is 0 Å². The van der Waals surface area contributed by atoms with E-state index in [-0.39, 0.29) is 11.9 Å². The number of rotatable bonds is 1. The van der Waals surface area contributed by atoms with Crippen LogP contribution in [0, 0.1) is 0 Å². The van der Waals surface area contributed by atoms with Gasteiger partial charge in [-0.05, 0) is 18.9 Å². The largest absolute Gasteiger partial charge is 0.368 e. The van der Waals surface area contributed by atoms with Gasteiger partial charge in [-0.3, -0.25) is 4.79 Å². The third-order valence-corrected chi connectivity index (χ3v) is 2.47. The van der Waals surface area contributed by atoms with E-state index < -0.39 is 0 Å². The van der Waals surface area contributed by atoms with E-state index in [2.05, 4.69) is 11.0 Å². The maximum atomic E-state index is 11.0. The second-order valence-corrected chi connectivity index (χ2v) is 3.20. The van der Waals surface area contributed by atoms with Crippen molar-refractivity contribution in [2.75, 3.05) is 6.54 Å². The first-order valence-electron chi connectivity index (χ1n) is 4.20. The van der Waals surface area contributed by atoms with Gasteiger partial charge in [0.2, 0.25) is 5.91 Å². The molecule has 1 atom stereocenters. The van der Waals surface area contributed by atoms with Crippen LogP contribution in [0.2, 0.25) is 0 Å². The number of carbonyl (C=O) groups is 1. The molecule has 1 fully saturated rings. The van der Waals surface area contributed by atoms with Gasteiger partial charge in [0.1, 0.15) is 6.04 Å². The Morgan fingerprint density at radius 1 is 1.67 bits per heavy atom. The SMILES string of the molecule is NC(=O)C1CCC2=CC=CCN21. The lowest BCUT2D eigenvalue weighted by atomic mass is 10.2. The number of allylic oxidation sites excluding steroid dienone is 3. The molecule has 0 radical (unpaired) electrons. The van der Waals surface area contributed by atoms with Crippen molar-refractivity contribution >= 4 is 5.91 Å². The molecule has 0 aromatic heterocycles. The highest BCUT2D eigenvalue weighted by molar-refractivity contribution is 5.80. The van der Waals surface area contributed by atoms with E-state index in [9.17, 15) is 4.79 Å². The first-order valence-corrected chi connectivity index (χ1v) is 4.20. The molecule has 0 bridgehead atoms. The van der Waals surface area contributed by atoms with Gasteiger partial charge < -0.3 is 10.6 Å². The van der Waals surface area contributed by atoms with E-state index in [1.807, 2.05) is 12.2 Å². The summed E-state index contributed by atoms with van der Waals surface area (Å²) in [6.07, 6.45) is 8.01. The zero-order valence-electron chi connectivity index (χ0n) is 6.86. The molecule has 3 nitrogen and oxygen atoms in total. The van der Waals surface area contributed by atoms with Crippen LogP contribution in [0.5, 0.6) is 0 Å². The number of carbonyl (C=O) groups excluding carboxylic acids is 1. The van der Waals surface area contributed by atoms with E-state index in [0.29, 0.717) is 0 Å². The monoisotopic (exact) mass is 164 g/mol. The van der Waals surface area contributed by atoms with Gasteiger partial charge in [0.05, 0.1) is 0 Å². The van der Waals surface area contributed by atoms with Crippen molar-refractivity contribution in [3.05, 3.63) is 23.9 Å². The lowest BCUT2D eigenvalue weighted by Gasteiger charge is -2.25. The summed E-state index contributed by atoms with van der Waals surface area (Å²) >= 11 is 0. The molecule has 64 valence electrons. The van der Waals surface area contributed by atoms with Crippen molar-refractivity contribution in [1.82, 2.24) is 4.90 Å². The summed E-state index contributed by atoms with van der Waals surface area (Å²) in [5.41, 5.74) is 6.52. The van der Waals surface area contributed by atoms with Crippen LogP contribution >= 0.6 is 0 Å². The Morgan fingerprint density at radius 3 is 3.25 bits per heavy atom. The fraction of sp³-hybridized carbons (Fsp3) is 0.444. The summed E-state index contributed by atoms with van der Waals surface area (Å²) in [5.74, 6) is -0.200. The van der Waals surface area contributed by atoms with Gasteiger partial charge >= 0.3 is 0 Å². The third kappa shape index (κ3) is 1.02. The first kappa shape index (κ1) is 7.40. The molecule has 12 heavy (non-hydrogen) atoms. The van der Waals surface area contributed by atoms with E-state index in [1.165, 1.54) is 5.70 Å². The van der Waals surface area contributed by atoms with Gasteiger partial charge in [0, 0.05) is 12.2 Å². The molecule has 2 aliphatic rings. The quantitative estimate of drug-likeness (QED) is 0.609. The minimum absolute atomic E-state index is 0.0683. The molecule has 1 saturated heterocycles. The molecule has 2 N–H and O–H groups in total. The molecule has 0 aliphatic carbocycles. The molecule has 0 saturated carbocycles. The number of nitrogens with zero attached hydrogens (tertiary/aromatic N) is 1. The summed E-state index contributed by atoms with van der Waals surface area (Å²) in [6, 6.07) is -0.0683. The Balaban J connectivity index is 2.20. The summed E-state index contributed by atoms with van der Waals surface area (Å²) in [4.78, 5) is 13.1. The number of amides is 1. The number of fused-ring (bicyclic) bond motifs is 1. The van der Waals surface area contributed by atoms with E-state index in [4.69, 9.17) is 5.73 Å². The second kappa shape index (κ2) is 2.66. The zero-order chi connectivity index (χ0) is 8.55. The fourth-order valence-electron chi connectivity index (χ4n) is 1.86. The van der Waals surface area contributed by atoms with Crippen LogP contribution in [0.3, 0.4) is 0 Å². The Hall–Kier alpha value is -1.25. The number of hydrogen-bond acceptors (Lipinski definition) is 2. The van der Waals surface area contributed by atoms with Gasteiger partial charge in [-0.1, -0.05) is 12.2 Å². The molecule has 0 aromatic rings. The normalized spacial score (nSPS) is 26.8. The highest BCUT2D eigenvalue weighted by atomic mass is 16.1. The number of nitrogens with two attached hydrogens (primary N) is 1. The summed E-state index contributed by atoms with van der Waals surface area (Å²) in [7, 11) is 0. The molecule has 2 aliphatic heterocycles. The Bertz CT molecular complexity index is 268. The maximum Gasteiger partial charge on any atom is 0.240 e. The third-order valence-electron chi connectivity index (χ3n) is 2.47. The highest BCUT2D eigenvalue weighted by Gasteiger charge is 2.31. The average molecular weight is 164 g/mol. The minimum atomic E-state index is -0.200. The summed E-state index contributed by atoms with van der Waals surface area (Å²) in [5, 5.41) is 0. The Kier molecular flexibility index (Phi) is 1.64. The lowest BCUT2D eigenvalue weighted by molar-refractivity contribution is -0.121. The predicted octanol–water partition coefficient (Wildman–Crippen LogP) is 0.390. The van der Waals surface area contributed by atoms with Crippen LogP contribution < -0.4 is 5.73 Å². The molecule has 1 amide bonds. The molecule has 2 heterocycles. The van der Waals surface area contributed by atoms with Crippen LogP contribution in [0.1, 0.15) is 12.8 Å². The first-order chi connectivity index (χ1) is 5.79. The standard InChI is InChI=1S/C9H12N2O/c10-9(12)8-5-4-7-3-1-2-6-11(7)8/h1-3,8H,4-6H2,(H2,10,12). The Morgan fingerprint density at radius 2 is 2.50 bits per heavy atom. The Labute approximate surface area is 71.5 Å². The highest BCUT2D eigenvalue weighted by Crippen LogP contribution is 2.28. The van der Waals surface area contributed by atoms with Gasteiger partial charge in [-0.2, -0.15) is 0 Å². The molecular formula is C9H12N2O. The summed E-state index contributed by atoms with van der Waals surface area (Å²) < 4.78 is 0. The minimum Gasteiger partial charge on any atom is -0.368 e. The fourth-order valence-corrected chi connectivity index (χ4v) is 1.86. The van der Waals surface area contributed by atoms with E-state index in [1.54, 1.807) is 0 Å². The van der Waals surface area contributed by atoms with Gasteiger partial charge in [0.25, 0.3) is 0 Å². The van der Waals surface area contributed by atoms with Crippen LogP contribution in [-0.2, 0) is 4.79 Å². The van der Waals surface area contributed by atoms with Crippen LogP contribution in [0.25, 0.3) is 0 Å². The molecule has 1 unspecified atom stereocenters. The van der Waals surface area contributed by atoms with Crippen LogP contribution in [-0.4, -0.2) is 23.4 Å². The summed E-state index contributed by atoms with van der Waals surface area (Å²) in [6.45, 7) is 0.833. The number of hydrogen-bond donors (Lipinski definition) is 1. The zero-order valence-corrected chi connectivity index (χ0v) is 6.86. The molecule has 3 heteroatoms. The predicted molar refractivity (Wildman–Crippen MR) is 46.1 cm³/mol. The van der Waals surface area contributed by atoms with Crippen LogP contribution in [0.15, 0.2) is 23.9 Å². The lowest BCUT2D eigenvalue weighted by Crippen LogP contribution is -2.40. The van der Waals surface area contributed by atoms with Crippen molar-refractivity contribution in [1.29, 1.82) is 0 Å². The average Bonchev–Trinajstić information content (AvgIpc) is 2.47. The van der Waals surface area contributed by atoms with Gasteiger partial charge in [-0.15, -0.1) is 0 Å².